The molecule has 0 atom stereocenters. The van der Waals surface area contributed by atoms with Gasteiger partial charge in [0.15, 0.2) is 0 Å². The molecule has 0 spiro atoms. The molecular weight excluding hydrogens is 178 g/mol. The van der Waals surface area contributed by atoms with E-state index in [1.807, 2.05) is 13.8 Å². The molecule has 0 unspecified atom stereocenters. The molecule has 4 heteroatoms. The maximum Gasteiger partial charge on any atom is 0.232 e. The predicted molar refractivity (Wildman–Crippen MR) is 52.6 cm³/mol. The molecule has 0 amide bonds. The van der Waals surface area contributed by atoms with Crippen molar-refractivity contribution in [3.8, 4) is 6.19 Å². The lowest BCUT2D eigenvalue weighted by molar-refractivity contribution is 0.230. The Morgan fingerprint density at radius 1 is 1.50 bits per heavy atom. The van der Waals surface area contributed by atoms with Gasteiger partial charge in [0.05, 0.1) is 6.10 Å². The summed E-state index contributed by atoms with van der Waals surface area (Å²) in [5.41, 5.74) is 0.759. The van der Waals surface area contributed by atoms with Crippen molar-refractivity contribution in [2.45, 2.75) is 20.0 Å². The van der Waals surface area contributed by atoms with Crippen molar-refractivity contribution in [2.24, 2.45) is 4.99 Å². The smallest absolute Gasteiger partial charge is 0.232 e. The molecule has 1 aromatic rings. The van der Waals surface area contributed by atoms with E-state index in [4.69, 9.17) is 10.00 Å². The first-order valence-electron chi connectivity index (χ1n) is 4.28. The van der Waals surface area contributed by atoms with Crippen LogP contribution in [0.5, 0.6) is 0 Å². The van der Waals surface area contributed by atoms with Crippen LogP contribution in [0.2, 0.25) is 0 Å². The van der Waals surface area contributed by atoms with Crippen molar-refractivity contribution in [1.82, 2.24) is 4.98 Å². The molecule has 0 N–H and O–H groups in total. The summed E-state index contributed by atoms with van der Waals surface area (Å²) >= 11 is 0. The number of nitrogens with zero attached hydrogens (tertiary/aromatic N) is 3. The van der Waals surface area contributed by atoms with E-state index in [0.717, 1.165) is 5.56 Å². The summed E-state index contributed by atoms with van der Waals surface area (Å²) in [4.78, 5) is 7.48. The van der Waals surface area contributed by atoms with Crippen LogP contribution in [0, 0.1) is 11.5 Å². The third-order valence-electron chi connectivity index (χ3n) is 1.43. The molecule has 14 heavy (non-hydrogen) atoms. The number of aromatic nitrogens is 1. The van der Waals surface area contributed by atoms with Crippen LogP contribution < -0.4 is 0 Å². The minimum atomic E-state index is -0.00438. The molecular formula is C10H11N3O. The van der Waals surface area contributed by atoms with Crippen LogP contribution in [0.25, 0.3) is 0 Å². The monoisotopic (exact) mass is 189 g/mol. The number of hydrogen-bond acceptors (Lipinski definition) is 4. The Hall–Kier alpha value is -1.89. The molecule has 0 aromatic carbocycles. The van der Waals surface area contributed by atoms with Crippen LogP contribution in [0.1, 0.15) is 19.4 Å². The van der Waals surface area contributed by atoms with Gasteiger partial charge < -0.3 is 4.74 Å². The quantitative estimate of drug-likeness (QED) is 0.404. The summed E-state index contributed by atoms with van der Waals surface area (Å²) < 4.78 is 5.38. The molecule has 0 aliphatic heterocycles. The summed E-state index contributed by atoms with van der Waals surface area (Å²) in [7, 11) is 0. The van der Waals surface area contributed by atoms with Crippen LogP contribution in [-0.2, 0) is 4.74 Å². The zero-order valence-electron chi connectivity index (χ0n) is 8.14. The summed E-state index contributed by atoms with van der Waals surface area (Å²) in [6, 6.07) is 3.50. The fourth-order valence-electron chi connectivity index (χ4n) is 0.922. The molecule has 0 fully saturated rings. The minimum Gasteiger partial charge on any atom is -0.474 e. The molecule has 1 rings (SSSR count). The number of aliphatic imine (C=N–C) groups is 1. The van der Waals surface area contributed by atoms with Gasteiger partial charge in [0, 0.05) is 18.0 Å². The van der Waals surface area contributed by atoms with Crippen LogP contribution in [0.15, 0.2) is 29.5 Å². The van der Waals surface area contributed by atoms with Crippen LogP contribution >= 0.6 is 0 Å². The van der Waals surface area contributed by atoms with Crippen molar-refractivity contribution < 1.29 is 4.74 Å². The Morgan fingerprint density at radius 2 is 2.14 bits per heavy atom. The molecule has 0 saturated heterocycles. The summed E-state index contributed by atoms with van der Waals surface area (Å²) in [6.45, 7) is 3.77. The second kappa shape index (κ2) is 4.97. The Labute approximate surface area is 82.9 Å². The Balaban J connectivity index is 2.91. The molecule has 72 valence electrons. The lowest BCUT2D eigenvalue weighted by atomic mass is 10.2. The van der Waals surface area contributed by atoms with E-state index in [9.17, 15) is 0 Å². The Morgan fingerprint density at radius 3 is 2.64 bits per heavy atom. The van der Waals surface area contributed by atoms with Crippen molar-refractivity contribution >= 4 is 5.90 Å². The average molecular weight is 189 g/mol. The topological polar surface area (TPSA) is 58.3 Å². The molecule has 0 aliphatic carbocycles. The maximum atomic E-state index is 8.48. The molecule has 0 saturated carbocycles. The number of pyridine rings is 1. The molecule has 0 bridgehead atoms. The normalized spacial score (nSPS) is 11.1. The van der Waals surface area contributed by atoms with Crippen molar-refractivity contribution in [3.05, 3.63) is 30.1 Å². The van der Waals surface area contributed by atoms with Gasteiger partial charge in [-0.15, -0.1) is 4.99 Å². The minimum absolute atomic E-state index is 0.00438. The van der Waals surface area contributed by atoms with E-state index in [-0.39, 0.29) is 6.10 Å². The van der Waals surface area contributed by atoms with Crippen LogP contribution in [0.3, 0.4) is 0 Å². The Bertz CT molecular complexity index is 351. The van der Waals surface area contributed by atoms with Gasteiger partial charge in [0.1, 0.15) is 0 Å². The highest BCUT2D eigenvalue weighted by atomic mass is 16.5. The van der Waals surface area contributed by atoms with Crippen molar-refractivity contribution in [3.63, 3.8) is 0 Å². The van der Waals surface area contributed by atoms with Crippen molar-refractivity contribution in [2.75, 3.05) is 0 Å². The fourth-order valence-corrected chi connectivity index (χ4v) is 0.922. The SMILES string of the molecule is CC(C)OC(=NC#N)c1ccncc1. The van der Waals surface area contributed by atoms with E-state index >= 15 is 0 Å². The lowest BCUT2D eigenvalue weighted by Gasteiger charge is -2.10. The highest BCUT2D eigenvalue weighted by Gasteiger charge is 2.06. The fraction of sp³-hybridized carbons (Fsp3) is 0.300. The van der Waals surface area contributed by atoms with Gasteiger partial charge >= 0.3 is 0 Å². The summed E-state index contributed by atoms with van der Waals surface area (Å²) in [5, 5.41) is 8.48. The van der Waals surface area contributed by atoms with Crippen LogP contribution in [0.4, 0.5) is 0 Å². The first-order valence-corrected chi connectivity index (χ1v) is 4.28. The van der Waals surface area contributed by atoms with Gasteiger partial charge in [0.25, 0.3) is 0 Å². The number of rotatable bonds is 2. The highest BCUT2D eigenvalue weighted by molar-refractivity contribution is 5.94. The average Bonchev–Trinajstić information content (AvgIpc) is 2.18. The number of hydrogen-bond donors (Lipinski definition) is 0. The maximum absolute atomic E-state index is 8.48. The molecule has 0 radical (unpaired) electrons. The zero-order valence-corrected chi connectivity index (χ0v) is 8.14. The van der Waals surface area contributed by atoms with E-state index in [1.165, 1.54) is 0 Å². The van der Waals surface area contributed by atoms with Crippen molar-refractivity contribution in [1.29, 1.82) is 5.26 Å². The number of ether oxygens (including phenoxy) is 1. The van der Waals surface area contributed by atoms with Gasteiger partial charge in [-0.3, -0.25) is 4.98 Å². The van der Waals surface area contributed by atoms with Gasteiger partial charge in [-0.2, -0.15) is 5.26 Å². The standard InChI is InChI=1S/C10H11N3O/c1-8(2)14-10(13-7-11)9-3-5-12-6-4-9/h3-6,8H,1-2H3. The largest absolute Gasteiger partial charge is 0.474 e. The number of nitriles is 1. The lowest BCUT2D eigenvalue weighted by Crippen LogP contribution is -2.12. The predicted octanol–water partition coefficient (Wildman–Crippen LogP) is 1.73. The molecule has 1 heterocycles. The second-order valence-electron chi connectivity index (χ2n) is 2.92. The summed E-state index contributed by atoms with van der Waals surface area (Å²) in [6.07, 6.45) is 4.97. The zero-order chi connectivity index (χ0) is 10.4. The highest BCUT2D eigenvalue weighted by Crippen LogP contribution is 2.03. The van der Waals surface area contributed by atoms with Gasteiger partial charge in [-0.1, -0.05) is 0 Å². The van der Waals surface area contributed by atoms with Gasteiger partial charge in [0.2, 0.25) is 12.1 Å². The van der Waals surface area contributed by atoms with E-state index < -0.39 is 0 Å². The third kappa shape index (κ3) is 2.87. The van der Waals surface area contributed by atoms with E-state index in [1.54, 1.807) is 30.7 Å². The van der Waals surface area contributed by atoms with E-state index in [0.29, 0.717) is 5.90 Å². The van der Waals surface area contributed by atoms with Gasteiger partial charge in [-0.05, 0) is 26.0 Å². The van der Waals surface area contributed by atoms with E-state index in [2.05, 4.69) is 9.98 Å². The molecule has 4 nitrogen and oxygen atoms in total. The Kier molecular flexibility index (Phi) is 3.62. The second-order valence-corrected chi connectivity index (χ2v) is 2.92. The third-order valence-corrected chi connectivity index (χ3v) is 1.43. The first kappa shape index (κ1) is 10.2. The first-order chi connectivity index (χ1) is 6.74. The van der Waals surface area contributed by atoms with Gasteiger partial charge in [-0.25, -0.2) is 0 Å². The summed E-state index contributed by atoms with van der Waals surface area (Å²) in [5.74, 6) is 0.338. The molecule has 0 aliphatic rings. The molecule has 1 aromatic heterocycles. The van der Waals surface area contributed by atoms with Crippen LogP contribution in [-0.4, -0.2) is 17.0 Å².